The third-order valence-electron chi connectivity index (χ3n) is 3.50. The van der Waals surface area contributed by atoms with Crippen molar-refractivity contribution < 1.29 is 18.3 Å². The fourth-order valence-corrected chi connectivity index (χ4v) is 4.07. The van der Waals surface area contributed by atoms with E-state index in [4.69, 9.17) is 0 Å². The average molecular weight is 291 g/mol. The molecule has 0 bridgehead atoms. The highest BCUT2D eigenvalue weighted by Crippen LogP contribution is 2.19. The molecule has 0 saturated carbocycles. The highest BCUT2D eigenvalue weighted by atomic mass is 32.2. The topological polar surface area (TPSA) is 74.7 Å². The molecule has 0 spiro atoms. The summed E-state index contributed by atoms with van der Waals surface area (Å²) >= 11 is 0. The van der Waals surface area contributed by atoms with Gasteiger partial charge in [0.2, 0.25) is 5.91 Å². The van der Waals surface area contributed by atoms with Gasteiger partial charge in [-0.15, -0.1) is 0 Å². The quantitative estimate of drug-likeness (QED) is 0.758. The fraction of sp³-hybridized carbons (Fsp3) is 0.923. The summed E-state index contributed by atoms with van der Waals surface area (Å²) in [7, 11) is -2.97. The zero-order valence-corrected chi connectivity index (χ0v) is 12.7. The second kappa shape index (κ2) is 7.24. The lowest BCUT2D eigenvalue weighted by molar-refractivity contribution is -0.133. The Morgan fingerprint density at radius 1 is 1.47 bits per heavy atom. The Morgan fingerprint density at radius 3 is 2.63 bits per heavy atom. The molecular weight excluding hydrogens is 266 g/mol. The molecule has 0 aromatic rings. The summed E-state index contributed by atoms with van der Waals surface area (Å²) in [6.45, 7) is 4.32. The summed E-state index contributed by atoms with van der Waals surface area (Å²) in [5.74, 6) is 0.248. The molecule has 1 aliphatic heterocycles. The van der Waals surface area contributed by atoms with E-state index in [1.54, 1.807) is 11.8 Å². The Morgan fingerprint density at radius 2 is 2.16 bits per heavy atom. The molecule has 1 saturated heterocycles. The van der Waals surface area contributed by atoms with E-state index in [0.29, 0.717) is 19.4 Å². The van der Waals surface area contributed by atoms with E-state index in [1.165, 1.54) is 0 Å². The smallest absolute Gasteiger partial charge is 0.222 e. The summed E-state index contributed by atoms with van der Waals surface area (Å²) in [6.07, 6.45) is 2.63. The van der Waals surface area contributed by atoms with Gasteiger partial charge in [-0.1, -0.05) is 13.3 Å². The van der Waals surface area contributed by atoms with Crippen LogP contribution in [0.3, 0.4) is 0 Å². The van der Waals surface area contributed by atoms with Crippen LogP contribution in [0.2, 0.25) is 0 Å². The minimum absolute atomic E-state index is 0.0311. The van der Waals surface area contributed by atoms with E-state index >= 15 is 0 Å². The van der Waals surface area contributed by atoms with Crippen molar-refractivity contribution in [2.75, 3.05) is 18.1 Å². The number of hydrogen-bond acceptors (Lipinski definition) is 4. The molecule has 1 fully saturated rings. The number of amides is 1. The molecule has 19 heavy (non-hydrogen) atoms. The number of hydrogen-bond donors (Lipinski definition) is 1. The molecule has 1 heterocycles. The molecule has 112 valence electrons. The lowest BCUT2D eigenvalue weighted by Gasteiger charge is -2.28. The van der Waals surface area contributed by atoms with Crippen LogP contribution in [0.4, 0.5) is 0 Å². The average Bonchev–Trinajstić information content (AvgIpc) is 2.67. The maximum atomic E-state index is 12.2. The molecule has 2 atom stereocenters. The standard InChI is InChI=1S/C13H25NO4S/c1-3-4-8-14(13(16)6-5-11(2)15)12-7-9-19(17,18)10-12/h11-12,15H,3-10H2,1-2H3. The van der Waals surface area contributed by atoms with Crippen LogP contribution in [-0.2, 0) is 14.6 Å². The molecule has 1 aliphatic rings. The number of sulfone groups is 1. The number of carbonyl (C=O) groups is 1. The zero-order valence-electron chi connectivity index (χ0n) is 11.8. The van der Waals surface area contributed by atoms with E-state index < -0.39 is 15.9 Å². The zero-order chi connectivity index (χ0) is 14.5. The summed E-state index contributed by atoms with van der Waals surface area (Å²) in [4.78, 5) is 13.9. The van der Waals surface area contributed by atoms with Crippen molar-refractivity contribution in [3.05, 3.63) is 0 Å². The third-order valence-corrected chi connectivity index (χ3v) is 5.25. The molecule has 0 aromatic heterocycles. The Kier molecular flexibility index (Phi) is 6.26. The number of rotatable bonds is 7. The van der Waals surface area contributed by atoms with Crippen LogP contribution in [0, 0.1) is 0 Å². The van der Waals surface area contributed by atoms with Gasteiger partial charge in [-0.3, -0.25) is 4.79 Å². The Bertz CT molecular complexity index is 391. The van der Waals surface area contributed by atoms with Crippen LogP contribution < -0.4 is 0 Å². The lowest BCUT2D eigenvalue weighted by atomic mass is 10.1. The number of aliphatic hydroxyl groups excluding tert-OH is 1. The highest BCUT2D eigenvalue weighted by Gasteiger charge is 2.34. The number of nitrogens with zero attached hydrogens (tertiary/aromatic N) is 1. The van der Waals surface area contributed by atoms with Gasteiger partial charge in [0.1, 0.15) is 0 Å². The van der Waals surface area contributed by atoms with Gasteiger partial charge in [0.05, 0.1) is 17.6 Å². The summed E-state index contributed by atoms with van der Waals surface area (Å²) in [5.41, 5.74) is 0. The minimum atomic E-state index is -2.97. The highest BCUT2D eigenvalue weighted by molar-refractivity contribution is 7.91. The SMILES string of the molecule is CCCCN(C(=O)CCC(C)O)C1CCS(=O)(=O)C1. The van der Waals surface area contributed by atoms with Gasteiger partial charge < -0.3 is 10.0 Å². The van der Waals surface area contributed by atoms with Crippen molar-refractivity contribution in [2.45, 2.75) is 58.1 Å². The molecule has 2 unspecified atom stereocenters. The Balaban J connectivity index is 2.63. The van der Waals surface area contributed by atoms with Crippen molar-refractivity contribution in [2.24, 2.45) is 0 Å². The fourth-order valence-electron chi connectivity index (χ4n) is 2.34. The van der Waals surface area contributed by atoms with Crippen LogP contribution in [0.1, 0.15) is 46.0 Å². The summed E-state index contributed by atoms with van der Waals surface area (Å²) in [5, 5.41) is 9.24. The van der Waals surface area contributed by atoms with E-state index in [2.05, 4.69) is 0 Å². The summed E-state index contributed by atoms with van der Waals surface area (Å²) < 4.78 is 23.1. The number of unbranched alkanes of at least 4 members (excludes halogenated alkanes) is 1. The minimum Gasteiger partial charge on any atom is -0.393 e. The first-order chi connectivity index (χ1) is 8.85. The normalized spacial score (nSPS) is 23.2. The van der Waals surface area contributed by atoms with Gasteiger partial charge >= 0.3 is 0 Å². The van der Waals surface area contributed by atoms with Crippen molar-refractivity contribution in [1.82, 2.24) is 4.90 Å². The number of aliphatic hydroxyl groups is 1. The maximum absolute atomic E-state index is 12.2. The third kappa shape index (κ3) is 5.48. The van der Waals surface area contributed by atoms with Gasteiger partial charge in [-0.2, -0.15) is 0 Å². The Hall–Kier alpha value is -0.620. The molecule has 1 amide bonds. The molecule has 1 N–H and O–H groups in total. The van der Waals surface area contributed by atoms with Crippen LogP contribution >= 0.6 is 0 Å². The molecule has 1 rings (SSSR count). The predicted molar refractivity (Wildman–Crippen MR) is 74.6 cm³/mol. The largest absolute Gasteiger partial charge is 0.393 e. The monoisotopic (exact) mass is 291 g/mol. The Labute approximate surface area is 115 Å². The van der Waals surface area contributed by atoms with Crippen molar-refractivity contribution in [3.8, 4) is 0 Å². The predicted octanol–water partition coefficient (Wildman–Crippen LogP) is 0.963. The molecule has 0 aromatic carbocycles. The molecule has 6 heteroatoms. The van der Waals surface area contributed by atoms with Crippen LogP contribution in [0.5, 0.6) is 0 Å². The first kappa shape index (κ1) is 16.4. The second-order valence-corrected chi connectivity index (χ2v) is 7.61. The second-order valence-electron chi connectivity index (χ2n) is 5.39. The molecule has 0 aliphatic carbocycles. The van der Waals surface area contributed by atoms with Crippen molar-refractivity contribution in [3.63, 3.8) is 0 Å². The van der Waals surface area contributed by atoms with Crippen molar-refractivity contribution >= 4 is 15.7 Å². The lowest BCUT2D eigenvalue weighted by Crippen LogP contribution is -2.41. The molecule has 0 radical (unpaired) electrons. The van der Waals surface area contributed by atoms with E-state index in [9.17, 15) is 18.3 Å². The molecule has 5 nitrogen and oxygen atoms in total. The van der Waals surface area contributed by atoms with E-state index in [-0.39, 0.29) is 29.9 Å². The van der Waals surface area contributed by atoms with Gasteiger partial charge in [0.15, 0.2) is 9.84 Å². The maximum Gasteiger partial charge on any atom is 0.222 e. The van der Waals surface area contributed by atoms with Crippen molar-refractivity contribution in [1.29, 1.82) is 0 Å². The van der Waals surface area contributed by atoms with Gasteiger partial charge in [-0.05, 0) is 26.2 Å². The van der Waals surface area contributed by atoms with Crippen LogP contribution in [0.25, 0.3) is 0 Å². The van der Waals surface area contributed by atoms with Gasteiger partial charge in [0.25, 0.3) is 0 Å². The van der Waals surface area contributed by atoms with E-state index in [1.807, 2.05) is 6.92 Å². The van der Waals surface area contributed by atoms with Crippen LogP contribution in [0.15, 0.2) is 0 Å². The number of carbonyl (C=O) groups excluding carboxylic acids is 1. The first-order valence-electron chi connectivity index (χ1n) is 7.03. The first-order valence-corrected chi connectivity index (χ1v) is 8.86. The van der Waals surface area contributed by atoms with Gasteiger partial charge in [-0.25, -0.2) is 8.42 Å². The van der Waals surface area contributed by atoms with E-state index in [0.717, 1.165) is 12.8 Å². The molecular formula is C13H25NO4S. The van der Waals surface area contributed by atoms with Gasteiger partial charge in [0, 0.05) is 19.0 Å². The summed E-state index contributed by atoms with van der Waals surface area (Å²) in [6, 6.07) is -0.168. The van der Waals surface area contributed by atoms with Crippen LogP contribution in [-0.4, -0.2) is 54.5 Å².